The summed E-state index contributed by atoms with van der Waals surface area (Å²) in [6.07, 6.45) is 1.43. The maximum atomic E-state index is 13.7. The van der Waals surface area contributed by atoms with Gasteiger partial charge in [-0.15, -0.1) is 0 Å². The van der Waals surface area contributed by atoms with Crippen molar-refractivity contribution in [2.24, 2.45) is 5.92 Å². The van der Waals surface area contributed by atoms with E-state index >= 15 is 0 Å². The van der Waals surface area contributed by atoms with Gasteiger partial charge in [-0.2, -0.15) is 0 Å². The summed E-state index contributed by atoms with van der Waals surface area (Å²) in [7, 11) is 1.45. The van der Waals surface area contributed by atoms with E-state index in [4.69, 9.17) is 4.74 Å². The Bertz CT molecular complexity index is 596. The van der Waals surface area contributed by atoms with E-state index in [0.29, 0.717) is 6.42 Å². The smallest absolute Gasteiger partial charge is 0.165 e. The molecule has 0 heterocycles. The molecule has 0 spiro atoms. The number of aryl methyl sites for hydroxylation is 1. The molecule has 2 aromatic rings. The predicted molar refractivity (Wildman–Crippen MR) is 82.1 cm³/mol. The van der Waals surface area contributed by atoms with Crippen molar-refractivity contribution in [3.63, 3.8) is 0 Å². The van der Waals surface area contributed by atoms with Gasteiger partial charge in [0, 0.05) is 6.61 Å². The van der Waals surface area contributed by atoms with Crippen LogP contribution in [0.5, 0.6) is 5.75 Å². The highest BCUT2D eigenvalue weighted by Crippen LogP contribution is 2.21. The van der Waals surface area contributed by atoms with E-state index in [-0.39, 0.29) is 24.1 Å². The zero-order valence-corrected chi connectivity index (χ0v) is 12.5. The molecule has 0 aromatic heterocycles. The summed E-state index contributed by atoms with van der Waals surface area (Å²) in [5.74, 6) is -0.0281. The zero-order valence-electron chi connectivity index (χ0n) is 12.5. The Hall–Kier alpha value is -1.87. The van der Waals surface area contributed by atoms with Gasteiger partial charge in [-0.05, 0) is 54.5 Å². The number of methoxy groups -OCH3 is 1. The third-order valence-corrected chi connectivity index (χ3v) is 3.77. The molecule has 1 atom stereocenters. The van der Waals surface area contributed by atoms with Gasteiger partial charge in [-0.3, -0.25) is 0 Å². The summed E-state index contributed by atoms with van der Waals surface area (Å²) in [6, 6.07) is 13.1. The van der Waals surface area contributed by atoms with E-state index < -0.39 is 0 Å². The Labute approximate surface area is 125 Å². The zero-order chi connectivity index (χ0) is 15.2. The van der Waals surface area contributed by atoms with Crippen molar-refractivity contribution in [2.75, 3.05) is 13.7 Å². The molecular weight excluding hydrogens is 267 g/mol. The Morgan fingerprint density at radius 2 is 1.90 bits per heavy atom. The fraction of sp³-hybridized carbons (Fsp3) is 0.333. The lowest BCUT2D eigenvalue weighted by Crippen LogP contribution is -2.13. The van der Waals surface area contributed by atoms with Crippen LogP contribution in [0.4, 0.5) is 4.39 Å². The van der Waals surface area contributed by atoms with Crippen molar-refractivity contribution >= 4 is 0 Å². The number of ether oxygens (including phenoxy) is 1. The molecule has 1 N–H and O–H groups in total. The molecule has 1 unspecified atom stereocenters. The molecule has 0 fully saturated rings. The number of hydrogen-bond acceptors (Lipinski definition) is 2. The molecule has 0 saturated heterocycles. The fourth-order valence-corrected chi connectivity index (χ4v) is 2.52. The largest absolute Gasteiger partial charge is 0.494 e. The van der Waals surface area contributed by atoms with Crippen LogP contribution in [0.3, 0.4) is 0 Å². The summed E-state index contributed by atoms with van der Waals surface area (Å²) in [6.45, 7) is 2.15. The highest BCUT2D eigenvalue weighted by molar-refractivity contribution is 5.30. The van der Waals surface area contributed by atoms with E-state index in [0.717, 1.165) is 12.0 Å². The van der Waals surface area contributed by atoms with Crippen LogP contribution in [0.15, 0.2) is 42.5 Å². The van der Waals surface area contributed by atoms with Crippen molar-refractivity contribution in [3.8, 4) is 5.75 Å². The van der Waals surface area contributed by atoms with Gasteiger partial charge in [0.05, 0.1) is 7.11 Å². The van der Waals surface area contributed by atoms with Gasteiger partial charge in [0.1, 0.15) is 0 Å². The second-order valence-electron chi connectivity index (χ2n) is 5.35. The fourth-order valence-electron chi connectivity index (χ4n) is 2.52. The van der Waals surface area contributed by atoms with Crippen LogP contribution >= 0.6 is 0 Å². The van der Waals surface area contributed by atoms with Gasteiger partial charge in [0.15, 0.2) is 11.6 Å². The number of rotatable bonds is 6. The second kappa shape index (κ2) is 7.23. The van der Waals surface area contributed by atoms with Crippen LogP contribution in [0.2, 0.25) is 0 Å². The molecule has 0 aliphatic carbocycles. The first-order valence-corrected chi connectivity index (χ1v) is 7.11. The van der Waals surface area contributed by atoms with Crippen molar-refractivity contribution in [1.82, 2.24) is 0 Å². The lowest BCUT2D eigenvalue weighted by molar-refractivity contribution is 0.224. The van der Waals surface area contributed by atoms with Gasteiger partial charge >= 0.3 is 0 Å². The number of hydrogen-bond donors (Lipinski definition) is 1. The molecule has 0 radical (unpaired) electrons. The minimum atomic E-state index is -0.359. The van der Waals surface area contributed by atoms with Crippen LogP contribution < -0.4 is 4.74 Å². The maximum Gasteiger partial charge on any atom is 0.165 e. The van der Waals surface area contributed by atoms with E-state index in [1.807, 2.05) is 18.2 Å². The van der Waals surface area contributed by atoms with Gasteiger partial charge in [0.25, 0.3) is 0 Å². The minimum absolute atomic E-state index is 0.0823. The Morgan fingerprint density at radius 1 is 1.14 bits per heavy atom. The number of halogens is 1. The molecule has 2 aromatic carbocycles. The van der Waals surface area contributed by atoms with Crippen LogP contribution in [-0.4, -0.2) is 18.8 Å². The quantitative estimate of drug-likeness (QED) is 0.881. The summed E-state index contributed by atoms with van der Waals surface area (Å²) >= 11 is 0. The number of aliphatic hydroxyl groups excluding tert-OH is 1. The Balaban J connectivity index is 2.09. The van der Waals surface area contributed by atoms with Gasteiger partial charge in [-0.25, -0.2) is 4.39 Å². The van der Waals surface area contributed by atoms with E-state index in [1.165, 1.54) is 24.3 Å². The lowest BCUT2D eigenvalue weighted by atomic mass is 9.91. The second-order valence-corrected chi connectivity index (χ2v) is 5.35. The Kier molecular flexibility index (Phi) is 5.34. The standard InChI is InChI=1S/C18H21FO2/c1-13-5-3-4-6-16(13)10-15(12-20)9-14-7-8-18(21-2)17(19)11-14/h3-8,11,15,20H,9-10,12H2,1-2H3. The van der Waals surface area contributed by atoms with Crippen LogP contribution in [-0.2, 0) is 12.8 Å². The van der Waals surface area contributed by atoms with Crippen molar-refractivity contribution in [3.05, 3.63) is 65.0 Å². The average molecular weight is 288 g/mol. The summed E-state index contributed by atoms with van der Waals surface area (Å²) in [5, 5.41) is 9.59. The highest BCUT2D eigenvalue weighted by atomic mass is 19.1. The SMILES string of the molecule is COc1ccc(CC(CO)Cc2ccccc2C)cc1F. The van der Waals surface area contributed by atoms with Crippen molar-refractivity contribution in [1.29, 1.82) is 0 Å². The first kappa shape index (κ1) is 15.5. The van der Waals surface area contributed by atoms with Crippen molar-refractivity contribution < 1.29 is 14.2 Å². The average Bonchev–Trinajstić information content (AvgIpc) is 2.49. The van der Waals surface area contributed by atoms with E-state index in [2.05, 4.69) is 19.1 Å². The van der Waals surface area contributed by atoms with Gasteiger partial charge < -0.3 is 9.84 Å². The molecule has 0 amide bonds. The number of benzene rings is 2. The van der Waals surface area contributed by atoms with Gasteiger partial charge in [-0.1, -0.05) is 30.3 Å². The summed E-state index contributed by atoms with van der Waals surface area (Å²) in [5.41, 5.74) is 3.32. The normalized spacial score (nSPS) is 12.2. The molecule has 2 nitrogen and oxygen atoms in total. The maximum absolute atomic E-state index is 13.7. The lowest BCUT2D eigenvalue weighted by Gasteiger charge is -2.16. The predicted octanol–water partition coefficient (Wildman–Crippen LogP) is 3.54. The molecule has 21 heavy (non-hydrogen) atoms. The Morgan fingerprint density at radius 3 is 2.52 bits per heavy atom. The van der Waals surface area contributed by atoms with Gasteiger partial charge in [0.2, 0.25) is 0 Å². The number of aliphatic hydroxyl groups is 1. The molecule has 3 heteroatoms. The van der Waals surface area contributed by atoms with Crippen LogP contribution in [0.25, 0.3) is 0 Å². The van der Waals surface area contributed by atoms with Crippen LogP contribution in [0, 0.1) is 18.7 Å². The third kappa shape index (κ3) is 4.05. The van der Waals surface area contributed by atoms with E-state index in [9.17, 15) is 9.50 Å². The topological polar surface area (TPSA) is 29.5 Å². The molecule has 0 aliphatic heterocycles. The monoisotopic (exact) mass is 288 g/mol. The highest BCUT2D eigenvalue weighted by Gasteiger charge is 2.12. The molecule has 2 rings (SSSR count). The van der Waals surface area contributed by atoms with E-state index in [1.54, 1.807) is 6.07 Å². The first-order chi connectivity index (χ1) is 10.1. The molecular formula is C18H21FO2. The van der Waals surface area contributed by atoms with Crippen molar-refractivity contribution in [2.45, 2.75) is 19.8 Å². The molecule has 0 bridgehead atoms. The molecule has 0 saturated carbocycles. The summed E-state index contributed by atoms with van der Waals surface area (Å²) in [4.78, 5) is 0. The minimum Gasteiger partial charge on any atom is -0.494 e. The molecule has 112 valence electrons. The third-order valence-electron chi connectivity index (χ3n) is 3.77. The van der Waals surface area contributed by atoms with Crippen LogP contribution in [0.1, 0.15) is 16.7 Å². The molecule has 0 aliphatic rings. The first-order valence-electron chi connectivity index (χ1n) is 7.11. The summed E-state index contributed by atoms with van der Waals surface area (Å²) < 4.78 is 18.6.